The van der Waals surface area contributed by atoms with Gasteiger partial charge in [0.1, 0.15) is 0 Å². The predicted octanol–water partition coefficient (Wildman–Crippen LogP) is 17.5. The van der Waals surface area contributed by atoms with Gasteiger partial charge in [-0.15, -0.1) is 0 Å². The van der Waals surface area contributed by atoms with Gasteiger partial charge in [0.2, 0.25) is 0 Å². The minimum absolute atomic E-state index is 0.634. The van der Waals surface area contributed by atoms with Gasteiger partial charge in [0.05, 0.1) is 5.41 Å². The highest BCUT2D eigenvalue weighted by Gasteiger charge is 2.49. The minimum atomic E-state index is -0.634. The van der Waals surface area contributed by atoms with E-state index in [-0.39, 0.29) is 0 Å². The smallest absolute Gasteiger partial charge is 0.0622 e. The number of hydrogen-bond donors (Lipinski definition) is 0. The molecule has 13 aromatic carbocycles. The summed E-state index contributed by atoms with van der Waals surface area (Å²) in [5, 5.41) is 17.8. The lowest BCUT2D eigenvalue weighted by Gasteiger charge is -2.35. The standard InChI is InChI=1S/C65H40/c1-3-22-42(23-4-1)65(43-24-5-2-6-25-43)59-40-58(49-31-12-14-32-50(49)62(59)63-51-33-15-11-28-46(51)47-29-13-20-38-56(47)64(63)65)61-54-36-18-16-34-52(54)60(53-35-17-19-37-55(53)61)57-39-41-21-7-8-26-44(41)45-27-9-10-30-48(45)57/h1-40H. The second-order valence-electron chi connectivity index (χ2n) is 17.7. The molecule has 1 aliphatic carbocycles. The van der Waals surface area contributed by atoms with E-state index in [1.165, 1.54) is 131 Å². The average molecular weight is 821 g/mol. The van der Waals surface area contributed by atoms with Crippen LogP contribution in [0.3, 0.4) is 0 Å². The quantitative estimate of drug-likeness (QED) is 0.123. The molecule has 0 aliphatic heterocycles. The van der Waals surface area contributed by atoms with Crippen molar-refractivity contribution in [1.82, 2.24) is 0 Å². The van der Waals surface area contributed by atoms with Crippen molar-refractivity contribution in [2.75, 3.05) is 0 Å². The summed E-state index contributed by atoms with van der Waals surface area (Å²) in [7, 11) is 0. The molecule has 1 aliphatic rings. The van der Waals surface area contributed by atoms with E-state index in [2.05, 4.69) is 243 Å². The summed E-state index contributed by atoms with van der Waals surface area (Å²) in [5.74, 6) is 0. The molecule has 0 heterocycles. The van der Waals surface area contributed by atoms with Crippen molar-refractivity contribution in [1.29, 1.82) is 0 Å². The van der Waals surface area contributed by atoms with Gasteiger partial charge in [-0.25, -0.2) is 0 Å². The zero-order valence-corrected chi connectivity index (χ0v) is 35.6. The fraction of sp³-hybridized carbons (Fsp3) is 0.0154. The van der Waals surface area contributed by atoms with Crippen molar-refractivity contribution < 1.29 is 0 Å². The van der Waals surface area contributed by atoms with Crippen molar-refractivity contribution in [2.24, 2.45) is 0 Å². The molecule has 0 nitrogen and oxygen atoms in total. The fourth-order valence-electron chi connectivity index (χ4n) is 12.2. The highest BCUT2D eigenvalue weighted by atomic mass is 14.5. The maximum Gasteiger partial charge on any atom is 0.0720 e. The monoisotopic (exact) mass is 820 g/mol. The molecule has 0 saturated heterocycles. The molecule has 0 aromatic heterocycles. The lowest BCUT2D eigenvalue weighted by molar-refractivity contribution is 0.777. The normalized spacial score (nSPS) is 13.0. The Morgan fingerprint density at radius 1 is 0.215 bits per heavy atom. The van der Waals surface area contributed by atoms with Gasteiger partial charge in [-0.2, -0.15) is 0 Å². The number of benzene rings is 13. The number of fused-ring (bicyclic) bond motifs is 15. The molecule has 0 bridgehead atoms. The van der Waals surface area contributed by atoms with Gasteiger partial charge in [0.15, 0.2) is 0 Å². The molecule has 0 atom stereocenters. The van der Waals surface area contributed by atoms with Crippen molar-refractivity contribution in [3.8, 4) is 33.4 Å². The van der Waals surface area contributed by atoms with E-state index in [4.69, 9.17) is 0 Å². The third kappa shape index (κ3) is 4.91. The zero-order valence-electron chi connectivity index (χ0n) is 35.6. The second-order valence-corrected chi connectivity index (χ2v) is 17.7. The predicted molar refractivity (Wildman–Crippen MR) is 277 cm³/mol. The molecule has 0 radical (unpaired) electrons. The first kappa shape index (κ1) is 36.2. The maximum atomic E-state index is 2.61. The Morgan fingerprint density at radius 3 is 1.05 bits per heavy atom. The van der Waals surface area contributed by atoms with Gasteiger partial charge in [-0.1, -0.05) is 231 Å². The molecule has 0 N–H and O–H groups in total. The van der Waals surface area contributed by atoms with Crippen LogP contribution in [-0.2, 0) is 5.41 Å². The third-order valence-corrected chi connectivity index (χ3v) is 14.7. The first-order chi connectivity index (χ1) is 32.3. The molecule has 0 heteroatoms. The summed E-state index contributed by atoms with van der Waals surface area (Å²) in [6, 6.07) is 91.2. The molecule has 0 unspecified atom stereocenters. The van der Waals surface area contributed by atoms with E-state index in [9.17, 15) is 0 Å². The lowest BCUT2D eigenvalue weighted by Crippen LogP contribution is -2.29. The lowest BCUT2D eigenvalue weighted by atomic mass is 9.66. The molecule has 0 fully saturated rings. The van der Waals surface area contributed by atoms with Crippen LogP contribution >= 0.6 is 0 Å². The Morgan fingerprint density at radius 2 is 0.538 bits per heavy atom. The second kappa shape index (κ2) is 13.8. The number of rotatable bonds is 4. The van der Waals surface area contributed by atoms with Gasteiger partial charge in [-0.05, 0) is 143 Å². The molecular formula is C65H40. The van der Waals surface area contributed by atoms with Crippen LogP contribution in [0.1, 0.15) is 22.3 Å². The summed E-state index contributed by atoms with van der Waals surface area (Å²) in [5.41, 5.74) is 12.3. The van der Waals surface area contributed by atoms with Crippen LogP contribution in [0.4, 0.5) is 0 Å². The third-order valence-electron chi connectivity index (χ3n) is 14.7. The molecule has 0 amide bonds. The molecule has 0 spiro atoms. The maximum absolute atomic E-state index is 2.61. The highest BCUT2D eigenvalue weighted by molar-refractivity contribution is 6.29. The SMILES string of the molecule is c1ccc(C2(c3ccccc3)c3cc(-c4c5ccccc5c(-c5cc6ccccc6c6ccccc56)c5ccccc45)c4ccccc4c3-c3c2c2ccccc2c2ccccc32)cc1. The average Bonchev–Trinajstić information content (AvgIpc) is 3.70. The van der Waals surface area contributed by atoms with E-state index in [0.29, 0.717) is 0 Å². The van der Waals surface area contributed by atoms with Crippen LogP contribution in [0, 0.1) is 0 Å². The molecule has 14 rings (SSSR count). The van der Waals surface area contributed by atoms with Crippen molar-refractivity contribution in [3.05, 3.63) is 265 Å². The largest absolute Gasteiger partial charge is 0.0720 e. The minimum Gasteiger partial charge on any atom is -0.0622 e. The van der Waals surface area contributed by atoms with Gasteiger partial charge < -0.3 is 0 Å². The van der Waals surface area contributed by atoms with E-state index < -0.39 is 5.41 Å². The van der Waals surface area contributed by atoms with Crippen LogP contribution in [0.5, 0.6) is 0 Å². The fourth-order valence-corrected chi connectivity index (χ4v) is 12.2. The van der Waals surface area contributed by atoms with Gasteiger partial charge in [0, 0.05) is 0 Å². The van der Waals surface area contributed by atoms with Gasteiger partial charge >= 0.3 is 0 Å². The molecule has 65 heavy (non-hydrogen) atoms. The van der Waals surface area contributed by atoms with Gasteiger partial charge in [-0.3, -0.25) is 0 Å². The van der Waals surface area contributed by atoms with Crippen LogP contribution < -0.4 is 0 Å². The van der Waals surface area contributed by atoms with Crippen LogP contribution in [0.2, 0.25) is 0 Å². The van der Waals surface area contributed by atoms with Crippen molar-refractivity contribution in [3.63, 3.8) is 0 Å². The summed E-state index contributed by atoms with van der Waals surface area (Å²) in [6.45, 7) is 0. The van der Waals surface area contributed by atoms with E-state index in [1.807, 2.05) is 0 Å². The first-order valence-electron chi connectivity index (χ1n) is 22.8. The Labute approximate surface area is 377 Å². The van der Waals surface area contributed by atoms with E-state index in [1.54, 1.807) is 0 Å². The Kier molecular flexibility index (Phi) is 7.71. The van der Waals surface area contributed by atoms with Crippen molar-refractivity contribution >= 4 is 75.4 Å². The van der Waals surface area contributed by atoms with Crippen LogP contribution in [0.15, 0.2) is 243 Å². The zero-order chi connectivity index (χ0) is 42.6. The Balaban J connectivity index is 1.19. The van der Waals surface area contributed by atoms with Crippen LogP contribution in [-0.4, -0.2) is 0 Å². The van der Waals surface area contributed by atoms with Crippen LogP contribution in [0.25, 0.3) is 109 Å². The molecule has 300 valence electrons. The molecule has 0 saturated carbocycles. The summed E-state index contributed by atoms with van der Waals surface area (Å²) in [4.78, 5) is 0. The summed E-state index contributed by atoms with van der Waals surface area (Å²) >= 11 is 0. The van der Waals surface area contributed by atoms with Gasteiger partial charge in [0.25, 0.3) is 0 Å². The molecule has 13 aromatic rings. The van der Waals surface area contributed by atoms with E-state index in [0.717, 1.165) is 0 Å². The Bertz CT molecular complexity index is 4010. The van der Waals surface area contributed by atoms with Crippen molar-refractivity contribution in [2.45, 2.75) is 5.41 Å². The topological polar surface area (TPSA) is 0 Å². The summed E-state index contributed by atoms with van der Waals surface area (Å²) < 4.78 is 0. The van der Waals surface area contributed by atoms with E-state index >= 15 is 0 Å². The first-order valence-corrected chi connectivity index (χ1v) is 22.8. The number of hydrogen-bond acceptors (Lipinski definition) is 0. The molecular weight excluding hydrogens is 781 g/mol. The summed E-state index contributed by atoms with van der Waals surface area (Å²) in [6.07, 6.45) is 0. The highest BCUT2D eigenvalue weighted by Crippen LogP contribution is 2.63. The Hall–Kier alpha value is -8.32.